The predicted molar refractivity (Wildman–Crippen MR) is 148 cm³/mol. The van der Waals surface area contributed by atoms with Crippen molar-refractivity contribution in [3.63, 3.8) is 0 Å². The molecule has 0 aliphatic heterocycles. The van der Waals surface area contributed by atoms with Gasteiger partial charge in [-0.15, -0.1) is 11.3 Å². The average molecular weight is 507 g/mol. The molecule has 3 aromatic heterocycles. The first kappa shape index (κ1) is 23.2. The Hall–Kier alpha value is -4.23. The molecule has 0 radical (unpaired) electrons. The number of aryl methyl sites for hydroxylation is 2. The van der Waals surface area contributed by atoms with Crippen LogP contribution < -0.4 is 0 Å². The summed E-state index contributed by atoms with van der Waals surface area (Å²) in [5, 5.41) is 11.6. The monoisotopic (exact) mass is 506 g/mol. The van der Waals surface area contributed by atoms with Crippen LogP contribution in [-0.4, -0.2) is 30.0 Å². The highest BCUT2D eigenvalue weighted by molar-refractivity contribution is 7.15. The second kappa shape index (κ2) is 9.33. The molecule has 0 saturated carbocycles. The molecule has 0 bridgehead atoms. The summed E-state index contributed by atoms with van der Waals surface area (Å²) in [7, 11) is 0. The van der Waals surface area contributed by atoms with Gasteiger partial charge in [0.05, 0.1) is 22.3 Å². The van der Waals surface area contributed by atoms with Gasteiger partial charge in [0.15, 0.2) is 4.96 Å². The van der Waals surface area contributed by atoms with Crippen molar-refractivity contribution in [3.8, 4) is 22.4 Å². The molecular weight excluding hydrogens is 480 g/mol. The number of carbonyl (C=O) groups is 1. The molecule has 6 aromatic rings. The molecule has 3 heterocycles. The van der Waals surface area contributed by atoms with E-state index in [-0.39, 0.29) is 0 Å². The lowest BCUT2D eigenvalue weighted by molar-refractivity contribution is 0.0697. The summed E-state index contributed by atoms with van der Waals surface area (Å²) >= 11 is 1.63. The summed E-state index contributed by atoms with van der Waals surface area (Å²) in [6.07, 6.45) is 6.02. The molecule has 0 spiro atoms. The third-order valence-corrected chi connectivity index (χ3v) is 7.52. The highest BCUT2D eigenvalue weighted by Crippen LogP contribution is 2.30. The fraction of sp³-hybridized carbons (Fsp3) is 0.167. The van der Waals surface area contributed by atoms with Crippen molar-refractivity contribution in [2.24, 2.45) is 0 Å². The molecule has 184 valence electrons. The Morgan fingerprint density at radius 3 is 2.59 bits per heavy atom. The number of carboxylic acid groups (broad SMARTS) is 1. The number of nitrogens with zero attached hydrogens (tertiary/aromatic N) is 4. The second-order valence-electron chi connectivity index (χ2n) is 9.29. The summed E-state index contributed by atoms with van der Waals surface area (Å²) in [5.41, 5.74) is 8.39. The third kappa shape index (κ3) is 4.21. The van der Waals surface area contributed by atoms with E-state index in [9.17, 15) is 9.90 Å². The van der Waals surface area contributed by atoms with Crippen LogP contribution in [0.25, 0.3) is 38.4 Å². The van der Waals surface area contributed by atoms with Crippen LogP contribution in [0.2, 0.25) is 0 Å². The Morgan fingerprint density at radius 2 is 1.84 bits per heavy atom. The largest absolute Gasteiger partial charge is 0.478 e. The predicted octanol–water partition coefficient (Wildman–Crippen LogP) is 7.09. The van der Waals surface area contributed by atoms with Crippen molar-refractivity contribution in [1.29, 1.82) is 0 Å². The van der Waals surface area contributed by atoms with Crippen LogP contribution in [-0.2, 0) is 13.0 Å². The van der Waals surface area contributed by atoms with E-state index in [1.54, 1.807) is 23.5 Å². The maximum atomic E-state index is 11.7. The summed E-state index contributed by atoms with van der Waals surface area (Å²) in [5.74, 6) is 0.154. The summed E-state index contributed by atoms with van der Waals surface area (Å²) < 4.78 is 4.37. The minimum absolute atomic E-state index is 0.309. The summed E-state index contributed by atoms with van der Waals surface area (Å²) in [4.78, 5) is 22.5. The van der Waals surface area contributed by atoms with Crippen LogP contribution in [0, 0.1) is 6.92 Å². The molecule has 1 N–H and O–H groups in total. The van der Waals surface area contributed by atoms with E-state index >= 15 is 0 Å². The molecule has 6 nitrogen and oxygen atoms in total. The smallest absolute Gasteiger partial charge is 0.336 e. The number of aromatic nitrogens is 4. The zero-order valence-corrected chi connectivity index (χ0v) is 21.5. The van der Waals surface area contributed by atoms with Gasteiger partial charge in [-0.3, -0.25) is 4.40 Å². The Balaban J connectivity index is 1.40. The van der Waals surface area contributed by atoms with E-state index in [0.29, 0.717) is 12.1 Å². The van der Waals surface area contributed by atoms with Gasteiger partial charge < -0.3 is 9.67 Å². The van der Waals surface area contributed by atoms with Gasteiger partial charge in [0.25, 0.3) is 0 Å². The molecule has 0 atom stereocenters. The van der Waals surface area contributed by atoms with Crippen molar-refractivity contribution in [3.05, 3.63) is 101 Å². The first-order chi connectivity index (χ1) is 18.0. The number of hydrogen-bond acceptors (Lipinski definition) is 4. The number of aromatic carboxylic acids is 1. The highest BCUT2D eigenvalue weighted by Gasteiger charge is 2.16. The van der Waals surface area contributed by atoms with E-state index in [2.05, 4.69) is 53.3 Å². The second-order valence-corrected chi connectivity index (χ2v) is 10.2. The van der Waals surface area contributed by atoms with Gasteiger partial charge in [0.1, 0.15) is 5.82 Å². The zero-order valence-electron chi connectivity index (χ0n) is 20.7. The van der Waals surface area contributed by atoms with E-state index in [1.807, 2.05) is 35.8 Å². The molecule has 7 heteroatoms. The Labute approximate surface area is 218 Å². The van der Waals surface area contributed by atoms with Crippen molar-refractivity contribution in [1.82, 2.24) is 18.9 Å². The number of imidazole rings is 2. The third-order valence-electron chi connectivity index (χ3n) is 6.75. The topological polar surface area (TPSA) is 72.4 Å². The Kier molecular flexibility index (Phi) is 5.85. The van der Waals surface area contributed by atoms with Crippen molar-refractivity contribution in [2.45, 2.75) is 33.2 Å². The number of fused-ring (bicyclic) bond motifs is 2. The number of rotatable bonds is 7. The molecule has 0 amide bonds. The summed E-state index contributed by atoms with van der Waals surface area (Å²) in [6, 6.07) is 19.7. The van der Waals surface area contributed by atoms with E-state index in [1.165, 1.54) is 0 Å². The summed E-state index contributed by atoms with van der Waals surface area (Å²) in [6.45, 7) is 4.98. The van der Waals surface area contributed by atoms with Crippen LogP contribution in [0.3, 0.4) is 0 Å². The van der Waals surface area contributed by atoms with Gasteiger partial charge in [-0.1, -0.05) is 49.4 Å². The lowest BCUT2D eigenvalue weighted by Crippen LogP contribution is -2.05. The van der Waals surface area contributed by atoms with E-state index < -0.39 is 5.97 Å². The molecule has 3 aromatic carbocycles. The Morgan fingerprint density at radius 1 is 1.03 bits per heavy atom. The maximum absolute atomic E-state index is 11.7. The van der Waals surface area contributed by atoms with Crippen LogP contribution in [0.4, 0.5) is 0 Å². The first-order valence-electron chi connectivity index (χ1n) is 12.4. The normalized spacial score (nSPS) is 11.5. The molecular formula is C30H26N4O2S. The molecule has 0 fully saturated rings. The van der Waals surface area contributed by atoms with Gasteiger partial charge in [-0.2, -0.15) is 0 Å². The molecule has 0 aliphatic rings. The highest BCUT2D eigenvalue weighted by atomic mass is 32.1. The number of benzene rings is 3. The lowest BCUT2D eigenvalue weighted by Gasteiger charge is -2.12. The van der Waals surface area contributed by atoms with Crippen LogP contribution >= 0.6 is 11.3 Å². The molecule has 0 aliphatic carbocycles. The maximum Gasteiger partial charge on any atom is 0.336 e. The number of thiazole rings is 1. The van der Waals surface area contributed by atoms with E-state index in [4.69, 9.17) is 9.97 Å². The minimum Gasteiger partial charge on any atom is -0.478 e. The standard InChI is InChI=1S/C30H26N4O2S/c1-3-6-27-32-28-19(2)15-22(25-18-33-13-14-37-30(33)31-25)16-26(28)34(27)17-20-9-11-21(12-10-20)23-7-4-5-8-24(23)29(35)36/h4-5,7-16,18H,3,6,17H2,1-2H3,(H,35,36). The lowest BCUT2D eigenvalue weighted by atomic mass is 9.98. The Bertz CT molecular complexity index is 1730. The minimum atomic E-state index is -0.919. The van der Waals surface area contributed by atoms with Crippen LogP contribution in [0.15, 0.2) is 78.4 Å². The van der Waals surface area contributed by atoms with E-state index in [0.717, 1.165) is 68.2 Å². The fourth-order valence-electron chi connectivity index (χ4n) is 4.94. The quantitative estimate of drug-likeness (QED) is 0.251. The van der Waals surface area contributed by atoms with Gasteiger partial charge >= 0.3 is 5.97 Å². The molecule has 6 rings (SSSR count). The van der Waals surface area contributed by atoms with Crippen molar-refractivity contribution < 1.29 is 9.90 Å². The van der Waals surface area contributed by atoms with Crippen molar-refractivity contribution >= 4 is 33.3 Å². The van der Waals surface area contributed by atoms with Crippen LogP contribution in [0.5, 0.6) is 0 Å². The van der Waals surface area contributed by atoms with Gasteiger partial charge in [0, 0.05) is 36.3 Å². The average Bonchev–Trinajstić information content (AvgIpc) is 3.60. The SMILES string of the molecule is CCCc1nc2c(C)cc(-c3cn4ccsc4n3)cc2n1Cc1ccc(-c2ccccc2C(=O)O)cc1. The van der Waals surface area contributed by atoms with Gasteiger partial charge in [-0.25, -0.2) is 14.8 Å². The van der Waals surface area contributed by atoms with Gasteiger partial charge in [-0.05, 0) is 53.8 Å². The fourth-order valence-corrected chi connectivity index (χ4v) is 5.64. The molecule has 37 heavy (non-hydrogen) atoms. The first-order valence-corrected chi connectivity index (χ1v) is 13.2. The zero-order chi connectivity index (χ0) is 25.5. The molecule has 0 unspecified atom stereocenters. The van der Waals surface area contributed by atoms with Gasteiger partial charge in [0.2, 0.25) is 0 Å². The van der Waals surface area contributed by atoms with Crippen LogP contribution in [0.1, 0.15) is 40.7 Å². The number of carboxylic acids is 1. The number of hydrogen-bond donors (Lipinski definition) is 1. The molecule has 0 saturated heterocycles. The van der Waals surface area contributed by atoms with Crippen molar-refractivity contribution in [2.75, 3.05) is 0 Å².